The fraction of sp³-hybridized carbons (Fsp3) is 1.00. The molecule has 0 fully saturated rings. The third-order valence-electron chi connectivity index (χ3n) is 1.49. The van der Waals surface area contributed by atoms with Gasteiger partial charge in [0.05, 0.1) is 6.61 Å². The fourth-order valence-corrected chi connectivity index (χ4v) is 4.15. The minimum absolute atomic E-state index is 0. The Kier molecular flexibility index (Phi) is 14.3. The van der Waals surface area contributed by atoms with Crippen LogP contribution >= 0.6 is 17.1 Å². The van der Waals surface area contributed by atoms with Gasteiger partial charge in [-0.1, -0.05) is 38.5 Å². The first-order valence-corrected chi connectivity index (χ1v) is 8.95. The van der Waals surface area contributed by atoms with Gasteiger partial charge in [0.2, 0.25) is 0 Å². The van der Waals surface area contributed by atoms with Crippen LogP contribution < -0.4 is 4.89 Å². The smallest absolute Gasteiger partial charge is 0.793 e. The van der Waals surface area contributed by atoms with Gasteiger partial charge in [0.25, 0.3) is 0 Å². The van der Waals surface area contributed by atoms with Crippen LogP contribution in [0.5, 0.6) is 0 Å². The van der Waals surface area contributed by atoms with E-state index in [4.69, 9.17) is 16.3 Å². The summed E-state index contributed by atoms with van der Waals surface area (Å²) < 4.78 is 5.15. The van der Waals surface area contributed by atoms with Crippen molar-refractivity contribution in [3.63, 3.8) is 0 Å². The van der Waals surface area contributed by atoms with E-state index in [1.807, 2.05) is 0 Å². The van der Waals surface area contributed by atoms with Gasteiger partial charge in [0.1, 0.15) is 0 Å². The van der Waals surface area contributed by atoms with Gasteiger partial charge < -0.3 is 9.42 Å². The Hall–Kier alpha value is 1.61. The molecule has 85 valence electrons. The van der Waals surface area contributed by atoms with E-state index < -0.39 is 5.69 Å². The largest absolute Gasteiger partial charge is 1.00 e. The normalized spacial score (nSPS) is 14.5. The summed E-state index contributed by atoms with van der Waals surface area (Å²) in [7, 11) is 0. The third kappa shape index (κ3) is 11.7. The second-order valence-electron chi connectivity index (χ2n) is 2.82. The molecule has 1 atom stereocenters. The molecule has 14 heavy (non-hydrogen) atoms. The standard InChI is InChI=1S/C8H19O2PS2.Mo/c1-3-5-7-10-11(9,12)13-8-6-4-2;/h3-8H2,1-2H3,(H,9,12);/q;+1/p-1. The first-order valence-electron chi connectivity index (χ1n) is 4.72. The summed E-state index contributed by atoms with van der Waals surface area (Å²) in [5.41, 5.74) is -2.75. The summed E-state index contributed by atoms with van der Waals surface area (Å²) in [6.07, 6.45) is 4.16. The zero-order chi connectivity index (χ0) is 10.2. The van der Waals surface area contributed by atoms with Gasteiger partial charge >= 0.3 is 21.1 Å². The molecule has 0 spiro atoms. The fourth-order valence-electron chi connectivity index (χ4n) is 0.679. The van der Waals surface area contributed by atoms with Crippen LogP contribution in [0.2, 0.25) is 0 Å². The average molecular weight is 337 g/mol. The van der Waals surface area contributed by atoms with E-state index >= 15 is 0 Å². The molecular formula is C8H18MoO2PS2. The molecule has 0 aliphatic carbocycles. The number of unbranched alkanes of at least 4 members (excludes halogenated alkanes) is 2. The maximum Gasteiger partial charge on any atom is 1.00 e. The summed E-state index contributed by atoms with van der Waals surface area (Å²) in [5.74, 6) is 0.851. The Morgan fingerprint density at radius 3 is 2.36 bits per heavy atom. The predicted molar refractivity (Wildman–Crippen MR) is 62.5 cm³/mol. The first-order chi connectivity index (χ1) is 6.12. The minimum atomic E-state index is -2.75. The second-order valence-corrected chi connectivity index (χ2v) is 8.99. The Balaban J connectivity index is 0. The van der Waals surface area contributed by atoms with Gasteiger partial charge in [-0.15, -0.1) is 11.4 Å². The number of rotatable bonds is 8. The molecule has 0 aromatic rings. The second kappa shape index (κ2) is 11.1. The van der Waals surface area contributed by atoms with Gasteiger partial charge in [0.15, 0.2) is 0 Å². The molecule has 0 bridgehead atoms. The van der Waals surface area contributed by atoms with Crippen molar-refractivity contribution in [1.29, 1.82) is 0 Å². The minimum Gasteiger partial charge on any atom is -0.793 e. The molecule has 0 aliphatic rings. The predicted octanol–water partition coefficient (Wildman–Crippen LogP) is 2.92. The molecule has 0 rings (SSSR count). The van der Waals surface area contributed by atoms with Crippen molar-refractivity contribution in [1.82, 2.24) is 0 Å². The summed E-state index contributed by atoms with van der Waals surface area (Å²) >= 11 is 6.17. The molecule has 1 radical (unpaired) electrons. The van der Waals surface area contributed by atoms with E-state index in [9.17, 15) is 4.89 Å². The van der Waals surface area contributed by atoms with Crippen molar-refractivity contribution in [3.8, 4) is 0 Å². The molecule has 0 saturated carbocycles. The van der Waals surface area contributed by atoms with Crippen molar-refractivity contribution in [2.45, 2.75) is 39.5 Å². The maximum atomic E-state index is 11.5. The summed E-state index contributed by atoms with van der Waals surface area (Å²) in [4.78, 5) is 11.5. The van der Waals surface area contributed by atoms with Crippen molar-refractivity contribution < 1.29 is 30.5 Å². The van der Waals surface area contributed by atoms with E-state index in [0.717, 1.165) is 31.4 Å². The van der Waals surface area contributed by atoms with E-state index in [1.165, 1.54) is 11.4 Å². The molecule has 0 aromatic carbocycles. The Labute approximate surface area is 111 Å². The van der Waals surface area contributed by atoms with Gasteiger partial charge in [-0.2, -0.15) is 0 Å². The molecule has 6 heteroatoms. The topological polar surface area (TPSA) is 32.3 Å². The van der Waals surface area contributed by atoms with Crippen LogP contribution in [0.3, 0.4) is 0 Å². The SMILES string of the molecule is CCCCOP([O-])(=S)SCCCC.[Mo+]. The van der Waals surface area contributed by atoms with Gasteiger partial charge in [-0.25, -0.2) is 0 Å². The van der Waals surface area contributed by atoms with Crippen molar-refractivity contribution >= 4 is 28.9 Å². The van der Waals surface area contributed by atoms with Crippen LogP contribution in [0.1, 0.15) is 39.5 Å². The Morgan fingerprint density at radius 2 is 1.86 bits per heavy atom. The van der Waals surface area contributed by atoms with E-state index in [2.05, 4.69) is 13.8 Å². The molecule has 0 amide bonds. The van der Waals surface area contributed by atoms with Crippen LogP contribution in [0.4, 0.5) is 0 Å². The first kappa shape index (κ1) is 18.0. The number of hydrogen-bond donors (Lipinski definition) is 0. The van der Waals surface area contributed by atoms with Crippen LogP contribution in [0.15, 0.2) is 0 Å². The van der Waals surface area contributed by atoms with Gasteiger partial charge in [-0.3, -0.25) is 0 Å². The molecule has 0 N–H and O–H groups in total. The van der Waals surface area contributed by atoms with Crippen molar-refractivity contribution in [3.05, 3.63) is 0 Å². The summed E-state index contributed by atoms with van der Waals surface area (Å²) in [5, 5.41) is 0. The molecule has 1 unspecified atom stereocenters. The molecule has 0 heterocycles. The van der Waals surface area contributed by atoms with E-state index in [0.29, 0.717) is 6.61 Å². The quantitative estimate of drug-likeness (QED) is 0.387. The molecular weight excluding hydrogens is 319 g/mol. The Morgan fingerprint density at radius 1 is 1.29 bits per heavy atom. The Bertz CT molecular complexity index is 155. The molecule has 0 aromatic heterocycles. The maximum absolute atomic E-state index is 11.5. The van der Waals surface area contributed by atoms with Crippen LogP contribution in [0.25, 0.3) is 0 Å². The molecule has 0 saturated heterocycles. The third-order valence-corrected chi connectivity index (χ3v) is 5.86. The summed E-state index contributed by atoms with van der Waals surface area (Å²) in [6.45, 7) is 4.71. The zero-order valence-electron chi connectivity index (χ0n) is 8.73. The van der Waals surface area contributed by atoms with Crippen LogP contribution in [-0.4, -0.2) is 12.4 Å². The average Bonchev–Trinajstić information content (AvgIpc) is 2.05. The van der Waals surface area contributed by atoms with Crippen molar-refractivity contribution in [2.75, 3.05) is 12.4 Å². The van der Waals surface area contributed by atoms with Crippen LogP contribution in [-0.2, 0) is 37.4 Å². The van der Waals surface area contributed by atoms with Gasteiger partial charge in [-0.05, 0) is 18.6 Å². The van der Waals surface area contributed by atoms with Crippen molar-refractivity contribution in [2.24, 2.45) is 0 Å². The van der Waals surface area contributed by atoms with Crippen LogP contribution in [0, 0.1) is 0 Å². The molecule has 0 aliphatic heterocycles. The number of hydrogen-bond acceptors (Lipinski definition) is 4. The molecule has 2 nitrogen and oxygen atoms in total. The summed E-state index contributed by atoms with van der Waals surface area (Å²) in [6, 6.07) is 0. The van der Waals surface area contributed by atoms with E-state index in [-0.39, 0.29) is 21.1 Å². The van der Waals surface area contributed by atoms with Gasteiger partial charge in [0, 0.05) is 5.69 Å². The van der Waals surface area contributed by atoms with E-state index in [1.54, 1.807) is 0 Å². The zero-order valence-corrected chi connectivity index (χ0v) is 13.3. The monoisotopic (exact) mass is 339 g/mol.